The van der Waals surface area contributed by atoms with E-state index in [9.17, 15) is 9.18 Å². The molecule has 0 aliphatic heterocycles. The lowest BCUT2D eigenvalue weighted by Crippen LogP contribution is -1.98. The van der Waals surface area contributed by atoms with Gasteiger partial charge in [-0.3, -0.25) is 9.18 Å². The topological polar surface area (TPSA) is 22.0 Å². The molecule has 0 N–H and O–H groups in total. The molecule has 1 aromatic heterocycles. The van der Waals surface area contributed by atoms with Crippen molar-refractivity contribution in [3.63, 3.8) is 0 Å². The molecule has 0 fully saturated rings. The zero-order valence-corrected chi connectivity index (χ0v) is 11.4. The van der Waals surface area contributed by atoms with Crippen LogP contribution in [0.15, 0.2) is 42.5 Å². The van der Waals surface area contributed by atoms with Crippen molar-refractivity contribution >= 4 is 27.6 Å². The second-order valence-corrected chi connectivity index (χ2v) is 5.00. The van der Waals surface area contributed by atoms with E-state index < -0.39 is 0 Å². The van der Waals surface area contributed by atoms with Gasteiger partial charge in [0.2, 0.25) is 0 Å². The molecular formula is C17H16FNO. The number of benzene rings is 2. The van der Waals surface area contributed by atoms with Gasteiger partial charge >= 0.3 is 0 Å². The Morgan fingerprint density at radius 2 is 1.85 bits per heavy atom. The number of carbonyl (C=O) groups is 1. The monoisotopic (exact) mass is 269 g/mol. The van der Waals surface area contributed by atoms with Gasteiger partial charge in [-0.2, -0.15) is 0 Å². The first kappa shape index (κ1) is 12.9. The predicted octanol–water partition coefficient (Wildman–Crippen LogP) is 4.36. The van der Waals surface area contributed by atoms with E-state index in [-0.39, 0.29) is 12.5 Å². The quantitative estimate of drug-likeness (QED) is 0.645. The third kappa shape index (κ3) is 1.99. The molecule has 0 unspecified atom stereocenters. The maximum atomic E-state index is 12.5. The lowest BCUT2D eigenvalue weighted by molar-refractivity contribution is 0.101. The summed E-state index contributed by atoms with van der Waals surface area (Å²) in [4.78, 5) is 11.5. The summed E-state index contributed by atoms with van der Waals surface area (Å²) in [6.07, 6.45) is 0.502. The second kappa shape index (κ2) is 5.08. The predicted molar refractivity (Wildman–Crippen MR) is 80.0 cm³/mol. The lowest BCUT2D eigenvalue weighted by Gasteiger charge is -2.05. The molecule has 2 aromatic carbocycles. The van der Waals surface area contributed by atoms with Crippen LogP contribution in [-0.2, 0) is 6.54 Å². The van der Waals surface area contributed by atoms with Gasteiger partial charge in [-0.1, -0.05) is 18.2 Å². The molecule has 0 aliphatic rings. The van der Waals surface area contributed by atoms with Gasteiger partial charge in [-0.25, -0.2) is 0 Å². The van der Waals surface area contributed by atoms with Gasteiger partial charge in [0.05, 0.1) is 6.67 Å². The summed E-state index contributed by atoms with van der Waals surface area (Å²) in [5.41, 5.74) is 2.87. The minimum absolute atomic E-state index is 0.0625. The van der Waals surface area contributed by atoms with Crippen molar-refractivity contribution in [2.24, 2.45) is 0 Å². The number of nitrogens with zero attached hydrogens (tertiary/aromatic N) is 1. The number of fused-ring (bicyclic) bond motifs is 3. The Bertz CT molecular complexity index is 788. The maximum absolute atomic E-state index is 12.5. The number of para-hydroxylation sites is 1. The van der Waals surface area contributed by atoms with Crippen molar-refractivity contribution in [3.8, 4) is 0 Å². The fourth-order valence-corrected chi connectivity index (χ4v) is 2.73. The van der Waals surface area contributed by atoms with Crippen molar-refractivity contribution in [1.82, 2.24) is 4.57 Å². The molecule has 2 nitrogen and oxygen atoms in total. The van der Waals surface area contributed by atoms with Gasteiger partial charge in [0.1, 0.15) is 0 Å². The Kier molecular flexibility index (Phi) is 3.26. The molecule has 0 bridgehead atoms. The third-order valence-electron chi connectivity index (χ3n) is 3.69. The number of aryl methyl sites for hydroxylation is 1. The largest absolute Gasteiger partial charge is 0.340 e. The number of hydrogen-bond acceptors (Lipinski definition) is 1. The van der Waals surface area contributed by atoms with Crippen LogP contribution in [0.5, 0.6) is 0 Å². The van der Waals surface area contributed by atoms with Crippen LogP contribution in [0.4, 0.5) is 4.39 Å². The molecule has 0 amide bonds. The van der Waals surface area contributed by atoms with E-state index in [4.69, 9.17) is 0 Å². The molecule has 3 rings (SSSR count). The molecule has 0 saturated carbocycles. The number of Topliss-reactive ketones (excluding diaryl/α,β-unsaturated/α-hetero) is 1. The number of aromatic nitrogens is 1. The van der Waals surface area contributed by atoms with E-state index in [1.54, 1.807) is 6.92 Å². The van der Waals surface area contributed by atoms with Crippen LogP contribution < -0.4 is 0 Å². The van der Waals surface area contributed by atoms with E-state index in [0.717, 1.165) is 21.8 Å². The Balaban J connectivity index is 2.32. The molecule has 3 aromatic rings. The highest BCUT2D eigenvalue weighted by Crippen LogP contribution is 2.30. The number of rotatable bonds is 4. The smallest absolute Gasteiger partial charge is 0.159 e. The Hall–Kier alpha value is -2.16. The third-order valence-corrected chi connectivity index (χ3v) is 3.69. The number of ketones is 1. The van der Waals surface area contributed by atoms with Crippen molar-refractivity contribution < 1.29 is 9.18 Å². The van der Waals surface area contributed by atoms with Gasteiger partial charge in [0.15, 0.2) is 5.78 Å². The van der Waals surface area contributed by atoms with Gasteiger partial charge in [0.25, 0.3) is 0 Å². The van der Waals surface area contributed by atoms with Crippen LogP contribution in [-0.4, -0.2) is 17.0 Å². The summed E-state index contributed by atoms with van der Waals surface area (Å²) >= 11 is 0. The number of carbonyl (C=O) groups excluding carboxylic acids is 1. The average molecular weight is 269 g/mol. The highest BCUT2D eigenvalue weighted by atomic mass is 19.1. The Morgan fingerprint density at radius 1 is 1.10 bits per heavy atom. The molecule has 20 heavy (non-hydrogen) atoms. The number of halogens is 1. The van der Waals surface area contributed by atoms with E-state index in [2.05, 4.69) is 4.57 Å². The normalized spacial score (nSPS) is 11.3. The summed E-state index contributed by atoms with van der Waals surface area (Å²) in [7, 11) is 0. The summed E-state index contributed by atoms with van der Waals surface area (Å²) in [5.74, 6) is 0.0625. The minimum atomic E-state index is -0.320. The van der Waals surface area contributed by atoms with E-state index in [0.29, 0.717) is 18.5 Å². The second-order valence-electron chi connectivity index (χ2n) is 5.00. The SMILES string of the molecule is CC(=O)c1ccc2c(c1)c1ccccc1n2CCCF. The Labute approximate surface area is 116 Å². The lowest BCUT2D eigenvalue weighted by atomic mass is 10.1. The summed E-state index contributed by atoms with van der Waals surface area (Å²) < 4.78 is 14.6. The van der Waals surface area contributed by atoms with Crippen molar-refractivity contribution in [3.05, 3.63) is 48.0 Å². The fraction of sp³-hybridized carbons (Fsp3) is 0.235. The molecular weight excluding hydrogens is 253 g/mol. The van der Waals surface area contributed by atoms with Crippen LogP contribution in [0.25, 0.3) is 21.8 Å². The average Bonchev–Trinajstić information content (AvgIpc) is 2.78. The molecule has 1 heterocycles. The first-order valence-corrected chi connectivity index (χ1v) is 6.80. The zero-order chi connectivity index (χ0) is 14.1. The van der Waals surface area contributed by atoms with E-state index in [1.165, 1.54) is 0 Å². The number of alkyl halides is 1. The van der Waals surface area contributed by atoms with Crippen LogP contribution in [0.2, 0.25) is 0 Å². The van der Waals surface area contributed by atoms with E-state index >= 15 is 0 Å². The van der Waals surface area contributed by atoms with Crippen molar-refractivity contribution in [1.29, 1.82) is 0 Å². The van der Waals surface area contributed by atoms with Crippen molar-refractivity contribution in [2.75, 3.05) is 6.67 Å². The van der Waals surface area contributed by atoms with Crippen LogP contribution in [0, 0.1) is 0 Å². The molecule has 3 heteroatoms. The van der Waals surface area contributed by atoms with Crippen LogP contribution in [0.1, 0.15) is 23.7 Å². The highest BCUT2D eigenvalue weighted by molar-refractivity contribution is 6.10. The molecule has 0 atom stereocenters. The molecule has 0 saturated heterocycles. The van der Waals surface area contributed by atoms with Crippen LogP contribution >= 0.6 is 0 Å². The van der Waals surface area contributed by atoms with Gasteiger partial charge in [-0.05, 0) is 37.6 Å². The summed E-state index contributed by atoms with van der Waals surface area (Å²) in [6, 6.07) is 13.8. The molecule has 0 radical (unpaired) electrons. The van der Waals surface area contributed by atoms with Gasteiger partial charge < -0.3 is 4.57 Å². The maximum Gasteiger partial charge on any atom is 0.159 e. The summed E-state index contributed by atoms with van der Waals surface area (Å²) in [5, 5.41) is 2.18. The zero-order valence-electron chi connectivity index (χ0n) is 11.4. The molecule has 0 spiro atoms. The van der Waals surface area contributed by atoms with Crippen LogP contribution in [0.3, 0.4) is 0 Å². The van der Waals surface area contributed by atoms with E-state index in [1.807, 2.05) is 42.5 Å². The fourth-order valence-electron chi connectivity index (χ4n) is 2.73. The number of hydrogen-bond donors (Lipinski definition) is 0. The van der Waals surface area contributed by atoms with Gasteiger partial charge in [-0.15, -0.1) is 0 Å². The first-order valence-electron chi connectivity index (χ1n) is 6.80. The first-order chi connectivity index (χ1) is 9.72. The van der Waals surface area contributed by atoms with Gasteiger partial charge in [0, 0.05) is 33.9 Å². The minimum Gasteiger partial charge on any atom is -0.340 e. The standard InChI is InChI=1S/C17H16FNO/c1-12(20)13-7-8-17-15(11-13)14-5-2-3-6-16(14)19(17)10-4-9-18/h2-3,5-8,11H,4,9-10H2,1H3. The highest BCUT2D eigenvalue weighted by Gasteiger charge is 2.11. The molecule has 0 aliphatic carbocycles. The summed E-state index contributed by atoms with van der Waals surface area (Å²) in [6.45, 7) is 1.91. The Morgan fingerprint density at radius 3 is 2.60 bits per heavy atom. The molecule has 102 valence electrons. The van der Waals surface area contributed by atoms with Crippen molar-refractivity contribution in [2.45, 2.75) is 19.9 Å².